The van der Waals surface area contributed by atoms with E-state index in [0.29, 0.717) is 0 Å². The molecule has 0 saturated carbocycles. The number of fused-ring (bicyclic) bond motifs is 13. The van der Waals surface area contributed by atoms with Crippen LogP contribution in [0.4, 0.5) is 0 Å². The molecule has 54 heavy (non-hydrogen) atoms. The van der Waals surface area contributed by atoms with Gasteiger partial charge in [0.05, 0.1) is 11.0 Å². The third kappa shape index (κ3) is 4.05. The number of para-hydroxylation sites is 2. The molecule has 0 aliphatic heterocycles. The van der Waals surface area contributed by atoms with E-state index in [-0.39, 0.29) is 5.41 Å². The second-order valence-electron chi connectivity index (χ2n) is 15.3. The quantitative estimate of drug-likeness (QED) is 0.179. The first kappa shape index (κ1) is 30.1. The van der Waals surface area contributed by atoms with Gasteiger partial charge in [0.2, 0.25) is 0 Å². The van der Waals surface area contributed by atoms with Gasteiger partial charge in [-0.05, 0) is 93.5 Å². The van der Waals surface area contributed by atoms with Crippen LogP contribution in [0.5, 0.6) is 0 Å². The maximum Gasteiger partial charge on any atom is 0.143 e. The molecular formula is C51H33NOS. The molecule has 8 aromatic carbocycles. The lowest BCUT2D eigenvalue weighted by Crippen LogP contribution is -2.15. The molecule has 0 amide bonds. The van der Waals surface area contributed by atoms with E-state index in [1.54, 1.807) is 0 Å². The molecule has 0 fully saturated rings. The predicted molar refractivity (Wildman–Crippen MR) is 229 cm³/mol. The molecule has 3 heteroatoms. The summed E-state index contributed by atoms with van der Waals surface area (Å²) in [5.74, 6) is 0. The number of aromatic nitrogens is 1. The van der Waals surface area contributed by atoms with Crippen molar-refractivity contribution >= 4 is 75.3 Å². The molecule has 0 bridgehead atoms. The summed E-state index contributed by atoms with van der Waals surface area (Å²) >= 11 is 1.90. The van der Waals surface area contributed by atoms with Gasteiger partial charge >= 0.3 is 0 Å². The van der Waals surface area contributed by atoms with Gasteiger partial charge in [-0.2, -0.15) is 0 Å². The van der Waals surface area contributed by atoms with Gasteiger partial charge in [-0.1, -0.05) is 123 Å². The van der Waals surface area contributed by atoms with Crippen LogP contribution in [0.15, 0.2) is 168 Å². The van der Waals surface area contributed by atoms with Crippen LogP contribution >= 0.6 is 11.3 Å². The summed E-state index contributed by atoms with van der Waals surface area (Å²) in [6, 6.07) is 60.2. The monoisotopic (exact) mass is 707 g/mol. The minimum absolute atomic E-state index is 0.165. The number of rotatable bonds is 3. The Balaban J connectivity index is 1.09. The highest BCUT2D eigenvalue weighted by molar-refractivity contribution is 7.25. The Morgan fingerprint density at radius 1 is 0.481 bits per heavy atom. The van der Waals surface area contributed by atoms with Crippen LogP contribution in [-0.2, 0) is 5.41 Å². The van der Waals surface area contributed by atoms with Crippen LogP contribution < -0.4 is 0 Å². The summed E-state index contributed by atoms with van der Waals surface area (Å²) in [5.41, 5.74) is 15.5. The van der Waals surface area contributed by atoms with E-state index in [0.717, 1.165) is 33.1 Å². The Hall–Kier alpha value is -6.42. The predicted octanol–water partition coefficient (Wildman–Crippen LogP) is 14.7. The molecule has 2 nitrogen and oxygen atoms in total. The second kappa shape index (κ2) is 10.8. The summed E-state index contributed by atoms with van der Waals surface area (Å²) in [6.45, 7) is 4.83. The van der Waals surface area contributed by atoms with E-state index in [1.807, 2.05) is 17.4 Å². The van der Waals surface area contributed by atoms with Crippen molar-refractivity contribution in [2.45, 2.75) is 19.3 Å². The van der Waals surface area contributed by atoms with Crippen molar-refractivity contribution in [3.05, 3.63) is 175 Å². The van der Waals surface area contributed by atoms with Gasteiger partial charge < -0.3 is 8.98 Å². The highest BCUT2D eigenvalue weighted by Gasteiger charge is 2.38. The molecule has 12 rings (SSSR count). The Morgan fingerprint density at radius 2 is 1.19 bits per heavy atom. The van der Waals surface area contributed by atoms with E-state index in [4.69, 9.17) is 4.42 Å². The normalized spacial score (nSPS) is 13.5. The molecule has 0 atom stereocenters. The first-order valence-electron chi connectivity index (χ1n) is 18.7. The fourth-order valence-electron chi connectivity index (χ4n) is 9.50. The van der Waals surface area contributed by atoms with Crippen LogP contribution in [0.1, 0.15) is 25.0 Å². The molecule has 3 aromatic heterocycles. The zero-order chi connectivity index (χ0) is 35.7. The minimum Gasteiger partial charge on any atom is -0.455 e. The Labute approximate surface area is 316 Å². The van der Waals surface area contributed by atoms with Gasteiger partial charge in [0, 0.05) is 58.4 Å². The number of benzene rings is 8. The van der Waals surface area contributed by atoms with Gasteiger partial charge in [-0.3, -0.25) is 0 Å². The van der Waals surface area contributed by atoms with Crippen molar-refractivity contribution in [1.29, 1.82) is 0 Å². The van der Waals surface area contributed by atoms with E-state index < -0.39 is 0 Å². The maximum absolute atomic E-state index is 6.52. The number of thiophene rings is 1. The highest BCUT2D eigenvalue weighted by atomic mass is 32.1. The Kier molecular flexibility index (Phi) is 6.03. The molecule has 0 unspecified atom stereocenters. The summed E-state index contributed by atoms with van der Waals surface area (Å²) in [5, 5.41) is 7.53. The molecule has 1 aliphatic carbocycles. The molecule has 0 radical (unpaired) electrons. The topological polar surface area (TPSA) is 18.1 Å². The largest absolute Gasteiger partial charge is 0.455 e. The SMILES string of the molecule is CC1(C)c2cc(-n3c4ccc(-c5ccccc5)cc4c4cc(-c5cccc6c5oc5ccccc56)ccc43)ccc2-c2ccc3sc4ccccc4c3c21. The summed E-state index contributed by atoms with van der Waals surface area (Å²) in [6.07, 6.45) is 0. The third-order valence-corrected chi connectivity index (χ3v) is 13.1. The van der Waals surface area contributed by atoms with E-state index in [2.05, 4.69) is 176 Å². The number of furan rings is 1. The van der Waals surface area contributed by atoms with Gasteiger partial charge in [0.1, 0.15) is 11.2 Å². The number of nitrogens with zero attached hydrogens (tertiary/aromatic N) is 1. The van der Waals surface area contributed by atoms with Gasteiger partial charge in [0.15, 0.2) is 0 Å². The molecular weight excluding hydrogens is 675 g/mol. The number of hydrogen-bond acceptors (Lipinski definition) is 2. The van der Waals surface area contributed by atoms with Crippen LogP contribution in [0.25, 0.3) is 103 Å². The van der Waals surface area contributed by atoms with Crippen LogP contribution in [0, 0.1) is 0 Å². The van der Waals surface area contributed by atoms with Crippen molar-refractivity contribution in [1.82, 2.24) is 4.57 Å². The zero-order valence-electron chi connectivity index (χ0n) is 29.9. The van der Waals surface area contributed by atoms with E-state index in [1.165, 1.54) is 81.0 Å². The Morgan fingerprint density at radius 3 is 2.04 bits per heavy atom. The van der Waals surface area contributed by atoms with Crippen LogP contribution in [0.3, 0.4) is 0 Å². The lowest BCUT2D eigenvalue weighted by Gasteiger charge is -2.23. The van der Waals surface area contributed by atoms with Gasteiger partial charge in [-0.25, -0.2) is 0 Å². The summed E-state index contributed by atoms with van der Waals surface area (Å²) in [4.78, 5) is 0. The molecule has 254 valence electrons. The summed E-state index contributed by atoms with van der Waals surface area (Å²) < 4.78 is 11.7. The molecule has 0 spiro atoms. The second-order valence-corrected chi connectivity index (χ2v) is 16.3. The van der Waals surface area contributed by atoms with Crippen LogP contribution in [0.2, 0.25) is 0 Å². The maximum atomic E-state index is 6.52. The van der Waals surface area contributed by atoms with Gasteiger partial charge in [0.25, 0.3) is 0 Å². The highest BCUT2D eigenvalue weighted by Crippen LogP contribution is 2.54. The molecule has 11 aromatic rings. The smallest absolute Gasteiger partial charge is 0.143 e. The average molecular weight is 708 g/mol. The zero-order valence-corrected chi connectivity index (χ0v) is 30.7. The molecule has 0 saturated heterocycles. The first-order chi connectivity index (χ1) is 26.5. The molecule has 3 heterocycles. The van der Waals surface area contributed by atoms with Crippen molar-refractivity contribution in [2.75, 3.05) is 0 Å². The fourth-order valence-corrected chi connectivity index (χ4v) is 10.6. The first-order valence-corrected chi connectivity index (χ1v) is 19.5. The van der Waals surface area contributed by atoms with Crippen LogP contribution in [-0.4, -0.2) is 4.57 Å². The molecule has 0 N–H and O–H groups in total. The third-order valence-electron chi connectivity index (χ3n) is 12.0. The van der Waals surface area contributed by atoms with E-state index in [9.17, 15) is 0 Å². The lowest BCUT2D eigenvalue weighted by molar-refractivity contribution is 0.666. The van der Waals surface area contributed by atoms with Crippen molar-refractivity contribution < 1.29 is 4.42 Å². The lowest BCUT2D eigenvalue weighted by atomic mass is 9.80. The van der Waals surface area contributed by atoms with Crippen molar-refractivity contribution in [3.63, 3.8) is 0 Å². The van der Waals surface area contributed by atoms with Crippen molar-refractivity contribution in [3.8, 4) is 39.1 Å². The average Bonchev–Trinajstić information content (AvgIpc) is 3.94. The van der Waals surface area contributed by atoms with Gasteiger partial charge in [-0.15, -0.1) is 11.3 Å². The Bertz CT molecular complexity index is 3360. The number of hydrogen-bond donors (Lipinski definition) is 0. The fraction of sp³-hybridized carbons (Fsp3) is 0.0588. The summed E-state index contributed by atoms with van der Waals surface area (Å²) in [7, 11) is 0. The minimum atomic E-state index is -0.165. The van der Waals surface area contributed by atoms with E-state index >= 15 is 0 Å². The molecule has 1 aliphatic rings. The van der Waals surface area contributed by atoms with Crippen molar-refractivity contribution in [2.24, 2.45) is 0 Å². The standard InChI is InChI=1S/C51H33NOS/c1-51(2)42-29-33(21-22-35(42)37-23-26-47-48(49(37)51)39-14-7-9-18-46(39)54-47)52-43-24-19-31(30-11-4-3-5-12-30)27-40(43)41-28-32(20-25-44(41)52)34-15-10-16-38-36-13-6-8-17-45(36)53-50(34)38/h3-29H,1-2H3.